The van der Waals surface area contributed by atoms with Gasteiger partial charge in [0.15, 0.2) is 0 Å². The molecule has 0 aliphatic rings. The number of hydrogen-bond acceptors (Lipinski definition) is 3. The van der Waals surface area contributed by atoms with Gasteiger partial charge in [-0.3, -0.25) is 4.68 Å². The molecule has 1 aromatic heterocycles. The number of hydrogen-bond donors (Lipinski definition) is 1. The summed E-state index contributed by atoms with van der Waals surface area (Å²) in [5.74, 6) is 0. The SMILES string of the molecule is CCNCC(OC)c1ccn(C)n1. The van der Waals surface area contributed by atoms with Gasteiger partial charge in [-0.2, -0.15) is 5.10 Å². The number of aryl methyl sites for hydroxylation is 1. The number of nitrogens with one attached hydrogen (secondary N) is 1. The Morgan fingerprint density at radius 1 is 1.69 bits per heavy atom. The standard InChI is InChI=1S/C9H17N3O/c1-4-10-7-9(13-3)8-5-6-12(2)11-8/h5-6,9-10H,4,7H2,1-3H3. The molecule has 0 radical (unpaired) electrons. The monoisotopic (exact) mass is 183 g/mol. The predicted octanol–water partition coefficient (Wildman–Crippen LogP) is 0.717. The highest BCUT2D eigenvalue weighted by Gasteiger charge is 2.11. The Morgan fingerprint density at radius 3 is 2.92 bits per heavy atom. The van der Waals surface area contributed by atoms with Crippen LogP contribution in [0, 0.1) is 0 Å². The zero-order valence-corrected chi connectivity index (χ0v) is 8.45. The first kappa shape index (κ1) is 10.2. The largest absolute Gasteiger partial charge is 0.374 e. The smallest absolute Gasteiger partial charge is 0.113 e. The molecule has 0 aromatic carbocycles. The summed E-state index contributed by atoms with van der Waals surface area (Å²) in [5.41, 5.74) is 0.978. The maximum absolute atomic E-state index is 5.31. The van der Waals surface area contributed by atoms with Gasteiger partial charge in [-0.15, -0.1) is 0 Å². The normalized spacial score (nSPS) is 13.2. The Kier molecular flexibility index (Phi) is 3.92. The van der Waals surface area contributed by atoms with Gasteiger partial charge >= 0.3 is 0 Å². The summed E-state index contributed by atoms with van der Waals surface area (Å²) in [5, 5.41) is 7.52. The zero-order chi connectivity index (χ0) is 9.68. The molecule has 1 aromatic rings. The van der Waals surface area contributed by atoms with Crippen molar-refractivity contribution in [2.75, 3.05) is 20.2 Å². The van der Waals surface area contributed by atoms with Crippen LogP contribution in [0.25, 0.3) is 0 Å². The number of ether oxygens (including phenoxy) is 1. The molecule has 0 amide bonds. The Bertz CT molecular complexity index is 247. The summed E-state index contributed by atoms with van der Waals surface area (Å²) in [6, 6.07) is 1.98. The molecule has 1 atom stereocenters. The van der Waals surface area contributed by atoms with Gasteiger partial charge in [0.05, 0.1) is 5.69 Å². The second-order valence-electron chi connectivity index (χ2n) is 2.95. The molecule has 4 heteroatoms. The van der Waals surface area contributed by atoms with Gasteiger partial charge in [-0.1, -0.05) is 6.92 Å². The number of nitrogens with zero attached hydrogens (tertiary/aromatic N) is 2. The van der Waals surface area contributed by atoms with E-state index in [1.807, 2.05) is 19.3 Å². The second-order valence-corrected chi connectivity index (χ2v) is 2.95. The number of likely N-dealkylation sites (N-methyl/N-ethyl adjacent to an activating group) is 1. The number of rotatable bonds is 5. The lowest BCUT2D eigenvalue weighted by molar-refractivity contribution is 0.0988. The van der Waals surface area contributed by atoms with Gasteiger partial charge in [0.25, 0.3) is 0 Å². The van der Waals surface area contributed by atoms with E-state index in [-0.39, 0.29) is 6.10 Å². The van der Waals surface area contributed by atoms with Gasteiger partial charge < -0.3 is 10.1 Å². The van der Waals surface area contributed by atoms with Gasteiger partial charge in [-0.05, 0) is 12.6 Å². The van der Waals surface area contributed by atoms with Crippen molar-refractivity contribution in [2.24, 2.45) is 7.05 Å². The van der Waals surface area contributed by atoms with E-state index in [9.17, 15) is 0 Å². The Morgan fingerprint density at radius 2 is 2.46 bits per heavy atom. The lowest BCUT2D eigenvalue weighted by Gasteiger charge is -2.12. The van der Waals surface area contributed by atoms with E-state index in [0.29, 0.717) is 0 Å². The fraction of sp³-hybridized carbons (Fsp3) is 0.667. The van der Waals surface area contributed by atoms with Crippen LogP contribution in [0.4, 0.5) is 0 Å². The van der Waals surface area contributed by atoms with Crippen LogP contribution < -0.4 is 5.32 Å². The average Bonchev–Trinajstić information content (AvgIpc) is 2.54. The maximum atomic E-state index is 5.31. The Labute approximate surface area is 78.9 Å². The molecule has 1 unspecified atom stereocenters. The average molecular weight is 183 g/mol. The first-order chi connectivity index (χ1) is 6.27. The Balaban J connectivity index is 2.56. The minimum Gasteiger partial charge on any atom is -0.374 e. The van der Waals surface area contributed by atoms with Crippen LogP contribution in [0.2, 0.25) is 0 Å². The molecule has 1 N–H and O–H groups in total. The molecule has 0 saturated carbocycles. The van der Waals surface area contributed by atoms with Crippen molar-refractivity contribution < 1.29 is 4.74 Å². The molecule has 0 spiro atoms. The third-order valence-electron chi connectivity index (χ3n) is 1.93. The molecule has 0 aliphatic heterocycles. The summed E-state index contributed by atoms with van der Waals surface area (Å²) >= 11 is 0. The number of aromatic nitrogens is 2. The minimum atomic E-state index is 0.0566. The van der Waals surface area contributed by atoms with Crippen LogP contribution in [-0.4, -0.2) is 30.0 Å². The first-order valence-electron chi connectivity index (χ1n) is 4.51. The van der Waals surface area contributed by atoms with E-state index < -0.39 is 0 Å². The topological polar surface area (TPSA) is 39.1 Å². The molecular weight excluding hydrogens is 166 g/mol. The maximum Gasteiger partial charge on any atom is 0.113 e. The third kappa shape index (κ3) is 2.82. The first-order valence-corrected chi connectivity index (χ1v) is 4.51. The van der Waals surface area contributed by atoms with Crippen molar-refractivity contribution >= 4 is 0 Å². The van der Waals surface area contributed by atoms with Crippen molar-refractivity contribution in [3.8, 4) is 0 Å². The van der Waals surface area contributed by atoms with Crippen LogP contribution in [0.1, 0.15) is 18.7 Å². The lowest BCUT2D eigenvalue weighted by atomic mass is 10.2. The summed E-state index contributed by atoms with van der Waals surface area (Å²) in [6.45, 7) is 3.84. The van der Waals surface area contributed by atoms with Gasteiger partial charge in [0, 0.05) is 26.9 Å². The fourth-order valence-corrected chi connectivity index (χ4v) is 1.19. The van der Waals surface area contributed by atoms with E-state index in [2.05, 4.69) is 17.3 Å². The summed E-state index contributed by atoms with van der Waals surface area (Å²) in [6.07, 6.45) is 1.98. The van der Waals surface area contributed by atoms with Crippen LogP contribution in [-0.2, 0) is 11.8 Å². The molecule has 0 bridgehead atoms. The van der Waals surface area contributed by atoms with E-state index in [1.165, 1.54) is 0 Å². The van der Waals surface area contributed by atoms with E-state index >= 15 is 0 Å². The van der Waals surface area contributed by atoms with Gasteiger partial charge in [0.2, 0.25) is 0 Å². The molecule has 0 aliphatic carbocycles. The molecular formula is C9H17N3O. The summed E-state index contributed by atoms with van der Waals surface area (Å²) in [4.78, 5) is 0. The fourth-order valence-electron chi connectivity index (χ4n) is 1.19. The quantitative estimate of drug-likeness (QED) is 0.731. The van der Waals surface area contributed by atoms with Crippen LogP contribution in [0.15, 0.2) is 12.3 Å². The van der Waals surface area contributed by atoms with Crippen molar-refractivity contribution in [2.45, 2.75) is 13.0 Å². The molecule has 1 heterocycles. The highest BCUT2D eigenvalue weighted by atomic mass is 16.5. The van der Waals surface area contributed by atoms with Crippen molar-refractivity contribution in [3.63, 3.8) is 0 Å². The van der Waals surface area contributed by atoms with Gasteiger partial charge in [0.1, 0.15) is 6.10 Å². The summed E-state index contributed by atoms with van der Waals surface area (Å²) < 4.78 is 7.10. The lowest BCUT2D eigenvalue weighted by Crippen LogP contribution is -2.22. The predicted molar refractivity (Wildman–Crippen MR) is 51.5 cm³/mol. The van der Waals surface area contributed by atoms with Crippen molar-refractivity contribution in [1.29, 1.82) is 0 Å². The van der Waals surface area contributed by atoms with E-state index in [0.717, 1.165) is 18.8 Å². The van der Waals surface area contributed by atoms with Crippen molar-refractivity contribution in [1.82, 2.24) is 15.1 Å². The summed E-state index contributed by atoms with van der Waals surface area (Å²) in [7, 11) is 3.61. The molecule has 0 saturated heterocycles. The second kappa shape index (κ2) is 4.99. The van der Waals surface area contributed by atoms with Crippen LogP contribution in [0.3, 0.4) is 0 Å². The van der Waals surface area contributed by atoms with Gasteiger partial charge in [-0.25, -0.2) is 0 Å². The van der Waals surface area contributed by atoms with E-state index in [4.69, 9.17) is 4.74 Å². The third-order valence-corrected chi connectivity index (χ3v) is 1.93. The van der Waals surface area contributed by atoms with Crippen LogP contribution >= 0.6 is 0 Å². The van der Waals surface area contributed by atoms with E-state index in [1.54, 1.807) is 11.8 Å². The highest BCUT2D eigenvalue weighted by Crippen LogP contribution is 2.12. The molecule has 1 rings (SSSR count). The highest BCUT2D eigenvalue weighted by molar-refractivity contribution is 5.03. The molecule has 74 valence electrons. The molecule has 0 fully saturated rings. The van der Waals surface area contributed by atoms with Crippen LogP contribution in [0.5, 0.6) is 0 Å². The Hall–Kier alpha value is -0.870. The minimum absolute atomic E-state index is 0.0566. The molecule has 4 nitrogen and oxygen atoms in total. The molecule has 13 heavy (non-hydrogen) atoms. The van der Waals surface area contributed by atoms with Crippen molar-refractivity contribution in [3.05, 3.63) is 18.0 Å². The number of methoxy groups -OCH3 is 1. The zero-order valence-electron chi connectivity index (χ0n) is 8.45.